The Kier molecular flexibility index (Phi) is 1.95. The van der Waals surface area contributed by atoms with Crippen molar-refractivity contribution in [3.8, 4) is 0 Å². The van der Waals surface area contributed by atoms with Crippen LogP contribution in [0.4, 0.5) is 9.59 Å². The zero-order chi connectivity index (χ0) is 9.42. The normalized spacial score (nSPS) is 31.0. The van der Waals surface area contributed by atoms with Crippen molar-refractivity contribution in [1.82, 2.24) is 20.9 Å². The van der Waals surface area contributed by atoms with E-state index < -0.39 is 0 Å². The first-order valence-corrected chi connectivity index (χ1v) is 4.60. The Morgan fingerprint density at radius 1 is 1.31 bits per heavy atom. The molecule has 2 aliphatic rings. The van der Waals surface area contributed by atoms with Crippen LogP contribution in [0.5, 0.6) is 0 Å². The molecule has 13 heavy (non-hydrogen) atoms. The largest absolute Gasteiger partial charge is 0.320 e. The molecular weight excluding hydrogens is 192 g/mol. The number of amides is 4. The highest BCUT2D eigenvalue weighted by atomic mass is 32.1. The van der Waals surface area contributed by atoms with Crippen molar-refractivity contribution in [2.45, 2.75) is 12.3 Å². The van der Waals surface area contributed by atoms with Crippen molar-refractivity contribution in [3.63, 3.8) is 0 Å². The lowest BCUT2D eigenvalue weighted by atomic mass is 10.4. The molecule has 7 heteroatoms. The van der Waals surface area contributed by atoms with Gasteiger partial charge in [-0.3, -0.25) is 4.90 Å². The molecule has 0 saturated carbocycles. The van der Waals surface area contributed by atoms with E-state index >= 15 is 0 Å². The van der Waals surface area contributed by atoms with Gasteiger partial charge in [-0.25, -0.2) is 9.59 Å². The summed E-state index contributed by atoms with van der Waals surface area (Å²) < 4.78 is 0. The first-order valence-electron chi connectivity index (χ1n) is 3.97. The minimum absolute atomic E-state index is 0.170. The van der Waals surface area contributed by atoms with Gasteiger partial charge in [-0.2, -0.15) is 12.6 Å². The predicted octanol–water partition coefficient (Wildman–Crippen LogP) is -1.09. The second-order valence-corrected chi connectivity index (χ2v) is 3.35. The fourth-order valence-corrected chi connectivity index (χ4v) is 1.76. The molecule has 0 spiro atoms. The van der Waals surface area contributed by atoms with E-state index in [1.165, 1.54) is 0 Å². The lowest BCUT2D eigenvalue weighted by Gasteiger charge is -2.19. The molecule has 0 radical (unpaired) electrons. The Balaban J connectivity index is 2.10. The first-order chi connectivity index (χ1) is 6.22. The smallest absolute Gasteiger partial charge is 0.314 e. The maximum Gasteiger partial charge on any atom is 0.320 e. The number of fused-ring (bicyclic) bond motifs is 1. The first kappa shape index (κ1) is 8.49. The summed E-state index contributed by atoms with van der Waals surface area (Å²) in [6, 6.07) is -0.421. The number of rotatable bonds is 2. The molecule has 0 bridgehead atoms. The van der Waals surface area contributed by atoms with Crippen LogP contribution in [-0.4, -0.2) is 41.6 Å². The van der Waals surface area contributed by atoms with Crippen molar-refractivity contribution in [2.75, 3.05) is 12.3 Å². The third kappa shape index (κ3) is 1.28. The molecule has 2 unspecified atom stereocenters. The number of hydrogen-bond donors (Lipinski definition) is 4. The molecule has 0 aromatic carbocycles. The molecule has 4 amide bonds. The van der Waals surface area contributed by atoms with Crippen LogP contribution in [0.3, 0.4) is 0 Å². The van der Waals surface area contributed by atoms with Crippen LogP contribution in [0.2, 0.25) is 0 Å². The van der Waals surface area contributed by atoms with E-state index in [0.717, 1.165) is 0 Å². The molecule has 2 saturated heterocycles. The van der Waals surface area contributed by atoms with Gasteiger partial charge in [0.15, 0.2) is 0 Å². The second-order valence-electron chi connectivity index (χ2n) is 2.91. The van der Waals surface area contributed by atoms with Crippen LogP contribution in [0.25, 0.3) is 0 Å². The van der Waals surface area contributed by atoms with Crippen molar-refractivity contribution >= 4 is 24.7 Å². The Morgan fingerprint density at radius 2 is 2.08 bits per heavy atom. The molecule has 2 rings (SSSR count). The molecule has 2 atom stereocenters. The summed E-state index contributed by atoms with van der Waals surface area (Å²) in [5.74, 6) is 0.576. The summed E-state index contributed by atoms with van der Waals surface area (Å²) in [6.45, 7) is 0.526. The van der Waals surface area contributed by atoms with E-state index in [9.17, 15) is 9.59 Å². The minimum atomic E-state index is -0.306. The van der Waals surface area contributed by atoms with Crippen LogP contribution in [0, 0.1) is 0 Å². The topological polar surface area (TPSA) is 73.5 Å². The number of thiol groups is 1. The number of urea groups is 2. The molecule has 0 aliphatic carbocycles. The fourth-order valence-electron chi connectivity index (χ4n) is 1.54. The summed E-state index contributed by atoms with van der Waals surface area (Å²) in [6.07, 6.45) is -0.577. The maximum atomic E-state index is 11.3. The lowest BCUT2D eigenvalue weighted by molar-refractivity contribution is 0.200. The quantitative estimate of drug-likeness (QED) is 0.429. The van der Waals surface area contributed by atoms with Gasteiger partial charge in [0, 0.05) is 12.3 Å². The zero-order valence-corrected chi connectivity index (χ0v) is 7.67. The van der Waals surface area contributed by atoms with Crippen molar-refractivity contribution in [1.29, 1.82) is 0 Å². The van der Waals surface area contributed by atoms with Gasteiger partial charge in [0.25, 0.3) is 0 Å². The van der Waals surface area contributed by atoms with E-state index in [4.69, 9.17) is 0 Å². The van der Waals surface area contributed by atoms with Crippen molar-refractivity contribution in [2.24, 2.45) is 0 Å². The van der Waals surface area contributed by atoms with Crippen LogP contribution in [0.15, 0.2) is 0 Å². The number of carbonyl (C=O) groups excluding carboxylic acids is 2. The van der Waals surface area contributed by atoms with Crippen LogP contribution in [0.1, 0.15) is 0 Å². The van der Waals surface area contributed by atoms with Gasteiger partial charge in [0.2, 0.25) is 0 Å². The molecule has 0 aromatic rings. The van der Waals surface area contributed by atoms with Gasteiger partial charge >= 0.3 is 12.1 Å². The minimum Gasteiger partial charge on any atom is -0.314 e. The van der Waals surface area contributed by atoms with Crippen LogP contribution >= 0.6 is 12.6 Å². The Labute approximate surface area is 80.4 Å². The van der Waals surface area contributed by atoms with E-state index in [1.54, 1.807) is 4.90 Å². The van der Waals surface area contributed by atoms with Crippen LogP contribution < -0.4 is 16.0 Å². The van der Waals surface area contributed by atoms with Gasteiger partial charge in [0.1, 0.15) is 12.3 Å². The number of nitrogens with one attached hydrogen (secondary N) is 3. The van der Waals surface area contributed by atoms with E-state index in [0.29, 0.717) is 12.3 Å². The number of hydrogen-bond acceptors (Lipinski definition) is 3. The molecular formula is C6H10N4O2S. The predicted molar refractivity (Wildman–Crippen MR) is 48.3 cm³/mol. The molecule has 3 N–H and O–H groups in total. The highest BCUT2D eigenvalue weighted by Crippen LogP contribution is 2.13. The van der Waals surface area contributed by atoms with Gasteiger partial charge < -0.3 is 16.0 Å². The SMILES string of the molecule is O=C1NC2NC(=O)N(CCS)C2N1. The number of carbonyl (C=O) groups is 2. The lowest BCUT2D eigenvalue weighted by Crippen LogP contribution is -2.44. The monoisotopic (exact) mass is 202 g/mol. The van der Waals surface area contributed by atoms with Crippen molar-refractivity contribution < 1.29 is 9.59 Å². The van der Waals surface area contributed by atoms with Gasteiger partial charge in [0.05, 0.1) is 0 Å². The Bertz CT molecular complexity index is 259. The molecule has 2 aliphatic heterocycles. The average molecular weight is 202 g/mol. The second kappa shape index (κ2) is 2.99. The summed E-state index contributed by atoms with van der Waals surface area (Å²) in [7, 11) is 0. The Morgan fingerprint density at radius 3 is 2.77 bits per heavy atom. The Hall–Kier alpha value is -1.11. The van der Waals surface area contributed by atoms with E-state index in [2.05, 4.69) is 28.6 Å². The third-order valence-electron chi connectivity index (χ3n) is 2.10. The summed E-state index contributed by atoms with van der Waals surface area (Å²) >= 11 is 4.03. The highest BCUT2D eigenvalue weighted by molar-refractivity contribution is 7.80. The summed E-state index contributed by atoms with van der Waals surface area (Å²) in [5, 5.41) is 7.87. The van der Waals surface area contributed by atoms with Crippen molar-refractivity contribution in [3.05, 3.63) is 0 Å². The van der Waals surface area contributed by atoms with E-state index in [-0.39, 0.29) is 24.4 Å². The zero-order valence-electron chi connectivity index (χ0n) is 6.78. The van der Waals surface area contributed by atoms with Gasteiger partial charge in [-0.15, -0.1) is 0 Å². The van der Waals surface area contributed by atoms with E-state index in [1.807, 2.05) is 0 Å². The molecule has 6 nitrogen and oxygen atoms in total. The van der Waals surface area contributed by atoms with Crippen LogP contribution in [-0.2, 0) is 0 Å². The average Bonchev–Trinajstić information content (AvgIpc) is 2.52. The molecule has 72 valence electrons. The summed E-state index contributed by atoms with van der Waals surface area (Å²) in [5.41, 5.74) is 0. The maximum absolute atomic E-state index is 11.3. The van der Waals surface area contributed by atoms with Gasteiger partial charge in [-0.1, -0.05) is 0 Å². The standard InChI is InChI=1S/C6H10N4O2S/c11-5-7-3-4(9-5)10(1-2-13)6(12)8-3/h3-4,13H,1-2H2,(H,8,12)(H2,7,9,11). The highest BCUT2D eigenvalue weighted by Gasteiger charge is 2.44. The third-order valence-corrected chi connectivity index (χ3v) is 2.30. The summed E-state index contributed by atoms with van der Waals surface area (Å²) in [4.78, 5) is 23.7. The van der Waals surface area contributed by atoms with Gasteiger partial charge in [-0.05, 0) is 0 Å². The fraction of sp³-hybridized carbons (Fsp3) is 0.667. The molecule has 0 aromatic heterocycles. The molecule has 2 heterocycles. The number of nitrogens with zero attached hydrogens (tertiary/aromatic N) is 1. The molecule has 2 fully saturated rings.